The molecule has 4 nitrogen and oxygen atoms in total. The first-order chi connectivity index (χ1) is 6.57. The Morgan fingerprint density at radius 3 is 2.79 bits per heavy atom. The first kappa shape index (κ1) is 10.6. The maximum absolute atomic E-state index is 13.3. The van der Waals surface area contributed by atoms with Gasteiger partial charge in [-0.15, -0.1) is 0 Å². The molecule has 0 aliphatic heterocycles. The Balaban J connectivity index is 3.35. The van der Waals surface area contributed by atoms with Gasteiger partial charge < -0.3 is 0 Å². The monoisotopic (exact) mass is 258 g/mol. The van der Waals surface area contributed by atoms with Crippen LogP contribution in [0.15, 0.2) is 16.6 Å². The minimum atomic E-state index is -0.953. The number of nitrogens with zero attached hydrogens (tertiary/aromatic N) is 2. The maximum atomic E-state index is 13.3. The first-order valence-corrected chi connectivity index (χ1v) is 4.35. The molecule has 0 saturated heterocycles. The van der Waals surface area contributed by atoms with Gasteiger partial charge in [0.15, 0.2) is 0 Å². The molecule has 0 aliphatic rings. The van der Waals surface area contributed by atoms with E-state index >= 15 is 0 Å². The fourth-order valence-electron chi connectivity index (χ4n) is 0.967. The van der Waals surface area contributed by atoms with Crippen molar-refractivity contribution in [1.82, 2.24) is 0 Å². The van der Waals surface area contributed by atoms with E-state index in [0.29, 0.717) is 4.47 Å². The molecule has 0 radical (unpaired) electrons. The lowest BCUT2D eigenvalue weighted by Gasteiger charge is -2.01. The summed E-state index contributed by atoms with van der Waals surface area (Å²) >= 11 is 3.02. The number of rotatable bonds is 2. The van der Waals surface area contributed by atoms with Crippen LogP contribution in [0.5, 0.6) is 0 Å². The topological polar surface area (TPSA) is 66.9 Å². The number of nitro benzene ring substituents is 1. The second kappa shape index (κ2) is 4.15. The summed E-state index contributed by atoms with van der Waals surface area (Å²) in [4.78, 5) is 9.54. The molecule has 6 heteroatoms. The third-order valence-electron chi connectivity index (χ3n) is 1.62. The smallest absolute Gasteiger partial charge is 0.258 e. The molecule has 1 aromatic rings. The minimum absolute atomic E-state index is 0.0155. The van der Waals surface area contributed by atoms with Crippen molar-refractivity contribution in [2.45, 2.75) is 6.42 Å². The molecule has 0 spiro atoms. The lowest BCUT2D eigenvalue weighted by molar-refractivity contribution is -0.387. The average molecular weight is 259 g/mol. The van der Waals surface area contributed by atoms with E-state index in [-0.39, 0.29) is 12.0 Å². The lowest BCUT2D eigenvalue weighted by Crippen LogP contribution is -1.98. The standard InChI is InChI=1S/C8H4BrFN2O2/c9-6-1-2-7(12(13)14)8(10)5(6)3-4-11/h1-2H,3H2. The zero-order valence-electron chi connectivity index (χ0n) is 6.83. The van der Waals surface area contributed by atoms with Crippen molar-refractivity contribution in [3.63, 3.8) is 0 Å². The quantitative estimate of drug-likeness (QED) is 0.605. The van der Waals surface area contributed by atoms with E-state index in [1.54, 1.807) is 6.07 Å². The molecular formula is C8H4BrFN2O2. The number of nitro groups is 1. The summed E-state index contributed by atoms with van der Waals surface area (Å²) in [6.07, 6.45) is -0.200. The van der Waals surface area contributed by atoms with Gasteiger partial charge in [-0.3, -0.25) is 10.1 Å². The van der Waals surface area contributed by atoms with E-state index in [2.05, 4.69) is 15.9 Å². The van der Waals surface area contributed by atoms with Crippen LogP contribution in [-0.4, -0.2) is 4.92 Å². The van der Waals surface area contributed by atoms with Gasteiger partial charge in [0.05, 0.1) is 17.4 Å². The lowest BCUT2D eigenvalue weighted by atomic mass is 10.1. The normalized spacial score (nSPS) is 9.50. The van der Waals surface area contributed by atoms with E-state index in [1.165, 1.54) is 6.07 Å². The van der Waals surface area contributed by atoms with Gasteiger partial charge in [-0.1, -0.05) is 15.9 Å². The van der Waals surface area contributed by atoms with Gasteiger partial charge in [-0.2, -0.15) is 9.65 Å². The molecule has 0 heterocycles. The molecule has 0 aromatic heterocycles. The van der Waals surface area contributed by atoms with Gasteiger partial charge in [0.1, 0.15) is 0 Å². The zero-order chi connectivity index (χ0) is 10.7. The van der Waals surface area contributed by atoms with Crippen molar-refractivity contribution in [3.8, 4) is 6.07 Å². The highest BCUT2D eigenvalue weighted by Gasteiger charge is 2.19. The van der Waals surface area contributed by atoms with Crippen molar-refractivity contribution in [3.05, 3.63) is 38.1 Å². The highest BCUT2D eigenvalue weighted by atomic mass is 79.9. The van der Waals surface area contributed by atoms with Gasteiger partial charge in [0.2, 0.25) is 5.82 Å². The Morgan fingerprint density at radius 1 is 1.64 bits per heavy atom. The maximum Gasteiger partial charge on any atom is 0.305 e. The number of hydrogen-bond donors (Lipinski definition) is 0. The summed E-state index contributed by atoms with van der Waals surface area (Å²) in [5.41, 5.74) is -0.597. The van der Waals surface area contributed by atoms with E-state index in [0.717, 1.165) is 6.07 Å². The van der Waals surface area contributed by atoms with Crippen LogP contribution < -0.4 is 0 Å². The Morgan fingerprint density at radius 2 is 2.29 bits per heavy atom. The van der Waals surface area contributed by atoms with E-state index in [9.17, 15) is 14.5 Å². The van der Waals surface area contributed by atoms with Gasteiger partial charge in [0, 0.05) is 16.1 Å². The molecule has 0 aliphatic carbocycles. The molecule has 0 fully saturated rings. The molecule has 72 valence electrons. The summed E-state index contributed by atoms with van der Waals surface area (Å²) in [6.45, 7) is 0. The predicted octanol–water partition coefficient (Wildman–Crippen LogP) is 2.56. The van der Waals surface area contributed by atoms with Crippen LogP contribution in [0.2, 0.25) is 0 Å². The Kier molecular flexibility index (Phi) is 3.14. The van der Waals surface area contributed by atoms with Crippen LogP contribution in [0.3, 0.4) is 0 Å². The molecule has 0 bridgehead atoms. The Labute approximate surface area is 87.2 Å². The molecule has 1 aromatic carbocycles. The highest BCUT2D eigenvalue weighted by Crippen LogP contribution is 2.27. The summed E-state index contributed by atoms with van der Waals surface area (Å²) in [7, 11) is 0. The van der Waals surface area contributed by atoms with Gasteiger partial charge in [-0.05, 0) is 6.07 Å². The van der Waals surface area contributed by atoms with E-state index in [4.69, 9.17) is 5.26 Å². The summed E-state index contributed by atoms with van der Waals surface area (Å²) < 4.78 is 13.7. The van der Waals surface area contributed by atoms with Gasteiger partial charge in [-0.25, -0.2) is 0 Å². The van der Waals surface area contributed by atoms with Crippen molar-refractivity contribution < 1.29 is 9.31 Å². The van der Waals surface area contributed by atoms with Crippen LogP contribution in [0, 0.1) is 27.3 Å². The van der Waals surface area contributed by atoms with Gasteiger partial charge >= 0.3 is 5.69 Å². The molecule has 0 atom stereocenters. The van der Waals surface area contributed by atoms with Crippen LogP contribution in [-0.2, 0) is 6.42 Å². The second-order valence-corrected chi connectivity index (χ2v) is 3.31. The van der Waals surface area contributed by atoms with Crippen LogP contribution in [0.25, 0.3) is 0 Å². The zero-order valence-corrected chi connectivity index (χ0v) is 8.41. The van der Waals surface area contributed by atoms with Crippen molar-refractivity contribution in [2.24, 2.45) is 0 Å². The highest BCUT2D eigenvalue weighted by molar-refractivity contribution is 9.10. The van der Waals surface area contributed by atoms with Crippen molar-refractivity contribution in [1.29, 1.82) is 5.26 Å². The third kappa shape index (κ3) is 1.88. The summed E-state index contributed by atoms with van der Waals surface area (Å²) in [5, 5.41) is 18.7. The molecule has 0 amide bonds. The van der Waals surface area contributed by atoms with E-state index in [1.807, 2.05) is 0 Å². The molecule has 14 heavy (non-hydrogen) atoms. The summed E-state index contributed by atoms with van der Waals surface area (Å²) in [5.74, 6) is -0.953. The largest absolute Gasteiger partial charge is 0.305 e. The van der Waals surface area contributed by atoms with Gasteiger partial charge in [0.25, 0.3) is 0 Å². The molecule has 0 saturated carbocycles. The van der Waals surface area contributed by atoms with Crippen LogP contribution >= 0.6 is 15.9 Å². The minimum Gasteiger partial charge on any atom is -0.258 e. The fraction of sp³-hybridized carbons (Fsp3) is 0.125. The van der Waals surface area contributed by atoms with Crippen molar-refractivity contribution >= 4 is 21.6 Å². The van der Waals surface area contributed by atoms with E-state index < -0.39 is 16.4 Å². The number of benzene rings is 1. The predicted molar refractivity (Wildman–Crippen MR) is 50.1 cm³/mol. The van der Waals surface area contributed by atoms with Crippen molar-refractivity contribution in [2.75, 3.05) is 0 Å². The third-order valence-corrected chi connectivity index (χ3v) is 2.36. The number of nitriles is 1. The SMILES string of the molecule is N#CCc1c(Br)ccc([N+](=O)[O-])c1F. The van der Waals surface area contributed by atoms with Crippen LogP contribution in [0.4, 0.5) is 10.1 Å². The number of halogens is 2. The summed E-state index contributed by atoms with van der Waals surface area (Å²) in [6, 6.07) is 4.15. The molecular weight excluding hydrogens is 255 g/mol. The Bertz CT molecular complexity index is 428. The first-order valence-electron chi connectivity index (χ1n) is 3.56. The molecule has 0 unspecified atom stereocenters. The molecule has 0 N–H and O–H groups in total. The molecule has 1 rings (SSSR count). The average Bonchev–Trinajstić information content (AvgIpc) is 2.11. The fourth-order valence-corrected chi connectivity index (χ4v) is 1.41. The Hall–Kier alpha value is -1.48. The second-order valence-electron chi connectivity index (χ2n) is 2.45. The van der Waals surface area contributed by atoms with Crippen LogP contribution in [0.1, 0.15) is 5.56 Å². The number of hydrogen-bond acceptors (Lipinski definition) is 3.